The van der Waals surface area contributed by atoms with Crippen molar-refractivity contribution in [1.82, 2.24) is 9.80 Å². The van der Waals surface area contributed by atoms with Crippen molar-refractivity contribution in [3.8, 4) is 0 Å². The van der Waals surface area contributed by atoms with Gasteiger partial charge in [0.15, 0.2) is 5.72 Å². The average Bonchev–Trinajstić information content (AvgIpc) is 3.13. The van der Waals surface area contributed by atoms with Gasteiger partial charge < -0.3 is 14.5 Å². The van der Waals surface area contributed by atoms with Gasteiger partial charge in [0.05, 0.1) is 19.1 Å². The molecule has 4 rings (SSSR count). The molecule has 0 aromatic heterocycles. The zero-order chi connectivity index (χ0) is 15.5. The minimum atomic E-state index is -0.643. The maximum Gasteiger partial charge on any atom is 0.254 e. The van der Waals surface area contributed by atoms with E-state index in [4.69, 9.17) is 4.74 Å². The molecule has 0 radical (unpaired) electrons. The molecule has 0 unspecified atom stereocenters. The Morgan fingerprint density at radius 1 is 1.41 bits per heavy atom. The van der Waals surface area contributed by atoms with E-state index < -0.39 is 5.72 Å². The first-order chi connectivity index (χ1) is 10.5. The molecule has 1 spiro atoms. The molecule has 1 aromatic rings. The van der Waals surface area contributed by atoms with Crippen LogP contribution >= 0.6 is 0 Å². The van der Waals surface area contributed by atoms with Crippen LogP contribution in [0.4, 0.5) is 4.39 Å². The van der Waals surface area contributed by atoms with Crippen LogP contribution in [0.15, 0.2) is 18.2 Å². The average molecular weight is 304 g/mol. The van der Waals surface area contributed by atoms with Crippen LogP contribution in [0, 0.1) is 12.7 Å². The number of carbonyl (C=O) groups is 2. The Bertz CT molecular complexity index is 677. The van der Waals surface area contributed by atoms with E-state index in [0.717, 1.165) is 0 Å². The van der Waals surface area contributed by atoms with E-state index in [1.807, 2.05) is 0 Å². The van der Waals surface area contributed by atoms with Gasteiger partial charge in [-0.2, -0.15) is 0 Å². The number of nitrogens with zero attached hydrogens (tertiary/aromatic N) is 2. The van der Waals surface area contributed by atoms with Gasteiger partial charge in [-0.1, -0.05) is 6.07 Å². The van der Waals surface area contributed by atoms with Crippen LogP contribution in [0.25, 0.3) is 0 Å². The van der Waals surface area contributed by atoms with E-state index in [-0.39, 0.29) is 23.7 Å². The first-order valence-electron chi connectivity index (χ1n) is 7.54. The fourth-order valence-corrected chi connectivity index (χ4v) is 3.93. The standard InChI is InChI=1S/C16H17FN2O3/c1-10-2-3-11(8-12(10)17)15(21)18-5-4-16-13(18)9-14(20)19(16)6-7-22-16/h2-3,8,13H,4-7,9H2,1H3/t13-,16+/m1/s1. The molecule has 6 heteroatoms. The number of aryl methyl sites for hydroxylation is 1. The van der Waals surface area contributed by atoms with Crippen LogP contribution < -0.4 is 0 Å². The number of carbonyl (C=O) groups excluding carboxylic acids is 2. The molecule has 0 saturated carbocycles. The highest BCUT2D eigenvalue weighted by Gasteiger charge is 2.62. The Morgan fingerprint density at radius 3 is 3.00 bits per heavy atom. The van der Waals surface area contributed by atoms with Crippen LogP contribution in [-0.2, 0) is 9.53 Å². The van der Waals surface area contributed by atoms with Crippen molar-refractivity contribution in [3.63, 3.8) is 0 Å². The molecule has 0 N–H and O–H groups in total. The zero-order valence-corrected chi connectivity index (χ0v) is 12.3. The summed E-state index contributed by atoms with van der Waals surface area (Å²) in [4.78, 5) is 28.3. The predicted octanol–water partition coefficient (Wildman–Crippen LogP) is 1.31. The number of benzene rings is 1. The highest BCUT2D eigenvalue weighted by atomic mass is 19.1. The highest BCUT2D eigenvalue weighted by molar-refractivity contribution is 5.96. The summed E-state index contributed by atoms with van der Waals surface area (Å²) in [6, 6.07) is 4.24. The molecular formula is C16H17FN2O3. The number of likely N-dealkylation sites (tertiary alicyclic amines) is 1. The van der Waals surface area contributed by atoms with Crippen LogP contribution in [0.2, 0.25) is 0 Å². The van der Waals surface area contributed by atoms with E-state index in [1.165, 1.54) is 6.07 Å². The number of hydrogen-bond donors (Lipinski definition) is 0. The third kappa shape index (κ3) is 1.67. The molecule has 3 saturated heterocycles. The molecule has 1 aromatic carbocycles. The summed E-state index contributed by atoms with van der Waals surface area (Å²) in [7, 11) is 0. The number of amides is 2. The van der Waals surface area contributed by atoms with Crippen LogP contribution in [-0.4, -0.2) is 53.1 Å². The van der Waals surface area contributed by atoms with Crippen molar-refractivity contribution in [2.45, 2.75) is 31.5 Å². The first-order valence-corrected chi connectivity index (χ1v) is 7.54. The monoisotopic (exact) mass is 304 g/mol. The minimum Gasteiger partial charge on any atom is -0.351 e. The van der Waals surface area contributed by atoms with Gasteiger partial charge in [0.2, 0.25) is 5.91 Å². The molecule has 22 heavy (non-hydrogen) atoms. The molecule has 2 amide bonds. The van der Waals surface area contributed by atoms with Crippen molar-refractivity contribution in [1.29, 1.82) is 0 Å². The smallest absolute Gasteiger partial charge is 0.254 e. The fourth-order valence-electron chi connectivity index (χ4n) is 3.93. The Labute approximate surface area is 127 Å². The normalized spacial score (nSPS) is 29.9. The Balaban J connectivity index is 1.65. The molecule has 3 fully saturated rings. The summed E-state index contributed by atoms with van der Waals surface area (Å²) >= 11 is 0. The second kappa shape index (κ2) is 4.52. The quantitative estimate of drug-likeness (QED) is 0.786. The third-order valence-electron chi connectivity index (χ3n) is 5.08. The largest absolute Gasteiger partial charge is 0.351 e. The van der Waals surface area contributed by atoms with E-state index >= 15 is 0 Å². The second-order valence-electron chi connectivity index (χ2n) is 6.17. The molecule has 3 aliphatic heterocycles. The van der Waals surface area contributed by atoms with Gasteiger partial charge in [0.1, 0.15) is 5.82 Å². The van der Waals surface area contributed by atoms with Crippen molar-refractivity contribution >= 4 is 11.8 Å². The van der Waals surface area contributed by atoms with Gasteiger partial charge in [0, 0.05) is 25.1 Å². The molecule has 116 valence electrons. The van der Waals surface area contributed by atoms with Crippen LogP contribution in [0.5, 0.6) is 0 Å². The van der Waals surface area contributed by atoms with E-state index in [2.05, 4.69) is 0 Å². The Morgan fingerprint density at radius 2 is 2.23 bits per heavy atom. The predicted molar refractivity (Wildman–Crippen MR) is 75.6 cm³/mol. The number of hydrogen-bond acceptors (Lipinski definition) is 3. The third-order valence-corrected chi connectivity index (χ3v) is 5.08. The lowest BCUT2D eigenvalue weighted by Gasteiger charge is -2.31. The summed E-state index contributed by atoms with van der Waals surface area (Å²) in [6.07, 6.45) is 0.920. The summed E-state index contributed by atoms with van der Waals surface area (Å²) in [5, 5.41) is 0. The highest BCUT2D eigenvalue weighted by Crippen LogP contribution is 2.45. The van der Waals surface area contributed by atoms with E-state index in [9.17, 15) is 14.0 Å². The molecule has 5 nitrogen and oxygen atoms in total. The van der Waals surface area contributed by atoms with Crippen molar-refractivity contribution in [2.75, 3.05) is 19.7 Å². The molecule has 2 atom stereocenters. The lowest BCUT2D eigenvalue weighted by molar-refractivity contribution is -0.136. The second-order valence-corrected chi connectivity index (χ2v) is 6.17. The molecule has 0 aliphatic carbocycles. The van der Waals surface area contributed by atoms with E-state index in [0.29, 0.717) is 43.7 Å². The lowest BCUT2D eigenvalue weighted by Crippen LogP contribution is -2.48. The fraction of sp³-hybridized carbons (Fsp3) is 0.500. The van der Waals surface area contributed by atoms with Crippen LogP contribution in [0.3, 0.4) is 0 Å². The van der Waals surface area contributed by atoms with Gasteiger partial charge in [0.25, 0.3) is 5.91 Å². The van der Waals surface area contributed by atoms with Crippen molar-refractivity contribution < 1.29 is 18.7 Å². The van der Waals surface area contributed by atoms with Gasteiger partial charge >= 0.3 is 0 Å². The van der Waals surface area contributed by atoms with E-state index in [1.54, 1.807) is 28.9 Å². The SMILES string of the molecule is Cc1ccc(C(=O)N2CC[C@@]34OCCN3C(=O)C[C@@H]24)cc1F. The lowest BCUT2D eigenvalue weighted by atomic mass is 10.1. The van der Waals surface area contributed by atoms with Gasteiger partial charge in [-0.15, -0.1) is 0 Å². The number of rotatable bonds is 1. The van der Waals surface area contributed by atoms with Gasteiger partial charge in [-0.05, 0) is 24.6 Å². The van der Waals surface area contributed by atoms with Gasteiger partial charge in [-0.3, -0.25) is 9.59 Å². The van der Waals surface area contributed by atoms with Crippen molar-refractivity contribution in [3.05, 3.63) is 35.1 Å². The van der Waals surface area contributed by atoms with Crippen LogP contribution in [0.1, 0.15) is 28.8 Å². The summed E-state index contributed by atoms with van der Waals surface area (Å²) in [6.45, 7) is 3.30. The maximum absolute atomic E-state index is 13.7. The molecule has 0 bridgehead atoms. The Kier molecular flexibility index (Phi) is 2.81. The summed E-state index contributed by atoms with van der Waals surface area (Å²) < 4.78 is 19.6. The number of ether oxygens (including phenoxy) is 1. The minimum absolute atomic E-state index is 0.0371. The number of halogens is 1. The summed E-state index contributed by atoms with van der Waals surface area (Å²) in [5.74, 6) is -0.581. The topological polar surface area (TPSA) is 49.9 Å². The summed E-state index contributed by atoms with van der Waals surface area (Å²) in [5.41, 5.74) is 0.190. The Hall–Kier alpha value is -1.95. The maximum atomic E-state index is 13.7. The van der Waals surface area contributed by atoms with Gasteiger partial charge in [-0.25, -0.2) is 4.39 Å². The molecule has 3 aliphatic rings. The van der Waals surface area contributed by atoms with Crippen molar-refractivity contribution in [2.24, 2.45) is 0 Å². The molecule has 3 heterocycles. The first kappa shape index (κ1) is 13.7. The molecular weight excluding hydrogens is 287 g/mol. The zero-order valence-electron chi connectivity index (χ0n) is 12.3.